The Hall–Kier alpha value is -2.56. The quantitative estimate of drug-likeness (QED) is 0.885. The molecule has 126 valence electrons. The molecule has 1 N–H and O–H groups in total. The van der Waals surface area contributed by atoms with Crippen LogP contribution in [-0.4, -0.2) is 20.1 Å². The number of nitrogens with one attached hydrogen (secondary N) is 1. The van der Waals surface area contributed by atoms with E-state index in [-0.39, 0.29) is 11.7 Å². The van der Waals surface area contributed by atoms with E-state index in [1.165, 1.54) is 12.1 Å². The van der Waals surface area contributed by atoms with E-state index >= 15 is 0 Å². The Bertz CT molecular complexity index is 739. The van der Waals surface area contributed by atoms with Gasteiger partial charge in [-0.15, -0.1) is 0 Å². The zero-order chi connectivity index (χ0) is 17.2. The molecule has 1 fully saturated rings. The number of halogens is 1. The van der Waals surface area contributed by atoms with Crippen molar-refractivity contribution >= 4 is 5.91 Å². The van der Waals surface area contributed by atoms with Gasteiger partial charge in [0.1, 0.15) is 5.82 Å². The Morgan fingerprint density at radius 1 is 1.08 bits per heavy atom. The first-order valence-corrected chi connectivity index (χ1v) is 7.84. The zero-order valence-electron chi connectivity index (χ0n) is 13.8. The molecule has 0 bridgehead atoms. The number of carbonyl (C=O) groups is 1. The van der Waals surface area contributed by atoms with Gasteiger partial charge in [-0.25, -0.2) is 4.39 Å². The van der Waals surface area contributed by atoms with Crippen LogP contribution in [0.1, 0.15) is 24.0 Å². The van der Waals surface area contributed by atoms with Gasteiger partial charge in [-0.3, -0.25) is 4.79 Å². The minimum Gasteiger partial charge on any atom is -0.493 e. The smallest absolute Gasteiger partial charge is 0.230 e. The first-order chi connectivity index (χ1) is 11.6. The summed E-state index contributed by atoms with van der Waals surface area (Å²) >= 11 is 0. The highest BCUT2D eigenvalue weighted by atomic mass is 19.1. The average molecular weight is 329 g/mol. The van der Waals surface area contributed by atoms with Crippen molar-refractivity contribution < 1.29 is 18.7 Å². The van der Waals surface area contributed by atoms with Crippen molar-refractivity contribution in [2.45, 2.75) is 24.8 Å². The molecule has 0 spiro atoms. The maximum absolute atomic E-state index is 13.1. The van der Waals surface area contributed by atoms with Gasteiger partial charge in [0.25, 0.3) is 0 Å². The molecule has 0 heterocycles. The molecule has 1 saturated carbocycles. The van der Waals surface area contributed by atoms with Crippen LogP contribution in [0.4, 0.5) is 4.39 Å². The lowest BCUT2D eigenvalue weighted by atomic mass is 9.95. The SMILES string of the molecule is COc1ccc(CNC(=O)C2(c3ccc(F)cc3)CC2)cc1OC. The fraction of sp³-hybridized carbons (Fsp3) is 0.316. The number of methoxy groups -OCH3 is 2. The molecular weight excluding hydrogens is 309 g/mol. The number of hydrogen-bond acceptors (Lipinski definition) is 3. The van der Waals surface area contributed by atoms with Gasteiger partial charge < -0.3 is 14.8 Å². The molecule has 0 atom stereocenters. The lowest BCUT2D eigenvalue weighted by Crippen LogP contribution is -2.34. The maximum atomic E-state index is 13.1. The largest absolute Gasteiger partial charge is 0.493 e. The van der Waals surface area contributed by atoms with Crippen molar-refractivity contribution in [2.75, 3.05) is 14.2 Å². The Morgan fingerprint density at radius 3 is 2.33 bits per heavy atom. The lowest BCUT2D eigenvalue weighted by Gasteiger charge is -2.16. The van der Waals surface area contributed by atoms with E-state index in [1.54, 1.807) is 26.4 Å². The number of carbonyl (C=O) groups excluding carboxylic acids is 1. The summed E-state index contributed by atoms with van der Waals surface area (Å²) in [5.74, 6) is 0.964. The molecule has 0 unspecified atom stereocenters. The molecule has 5 heteroatoms. The van der Waals surface area contributed by atoms with Gasteiger partial charge in [-0.1, -0.05) is 18.2 Å². The third-order valence-corrected chi connectivity index (χ3v) is 4.48. The summed E-state index contributed by atoms with van der Waals surface area (Å²) in [5, 5.41) is 2.97. The fourth-order valence-electron chi connectivity index (χ4n) is 2.88. The Morgan fingerprint density at radius 2 is 1.75 bits per heavy atom. The number of amides is 1. The second-order valence-corrected chi connectivity index (χ2v) is 5.96. The van der Waals surface area contributed by atoms with E-state index in [0.29, 0.717) is 18.0 Å². The molecule has 1 amide bonds. The van der Waals surface area contributed by atoms with Crippen LogP contribution in [0.5, 0.6) is 11.5 Å². The molecule has 0 aliphatic heterocycles. The van der Waals surface area contributed by atoms with Crippen LogP contribution in [0.3, 0.4) is 0 Å². The summed E-state index contributed by atoms with van der Waals surface area (Å²) in [5.41, 5.74) is 1.29. The zero-order valence-corrected chi connectivity index (χ0v) is 13.8. The van der Waals surface area contributed by atoms with Crippen LogP contribution in [0.15, 0.2) is 42.5 Å². The Labute approximate surface area is 140 Å². The second-order valence-electron chi connectivity index (χ2n) is 5.96. The first kappa shape index (κ1) is 16.3. The van der Waals surface area contributed by atoms with Crippen molar-refractivity contribution in [2.24, 2.45) is 0 Å². The van der Waals surface area contributed by atoms with Crippen molar-refractivity contribution in [1.82, 2.24) is 5.32 Å². The summed E-state index contributed by atoms with van der Waals surface area (Å²) in [6.45, 7) is 0.405. The molecule has 1 aliphatic rings. The molecule has 2 aromatic rings. The van der Waals surface area contributed by atoms with E-state index in [1.807, 2.05) is 18.2 Å². The highest BCUT2D eigenvalue weighted by Crippen LogP contribution is 2.48. The summed E-state index contributed by atoms with van der Waals surface area (Å²) < 4.78 is 23.6. The van der Waals surface area contributed by atoms with Crippen molar-refractivity contribution in [3.63, 3.8) is 0 Å². The molecular formula is C19H20FNO3. The molecule has 0 radical (unpaired) electrons. The minimum absolute atomic E-state index is 0.0242. The monoisotopic (exact) mass is 329 g/mol. The summed E-state index contributed by atoms with van der Waals surface area (Å²) in [7, 11) is 3.16. The third-order valence-electron chi connectivity index (χ3n) is 4.48. The standard InChI is InChI=1S/C19H20FNO3/c1-23-16-8-3-13(11-17(16)24-2)12-21-18(22)19(9-10-19)14-4-6-15(20)7-5-14/h3-8,11H,9-10,12H2,1-2H3,(H,21,22). The molecule has 0 saturated heterocycles. The van der Waals surface area contributed by atoms with Crippen LogP contribution < -0.4 is 14.8 Å². The minimum atomic E-state index is -0.510. The highest BCUT2D eigenvalue weighted by Gasteiger charge is 2.51. The fourth-order valence-corrected chi connectivity index (χ4v) is 2.88. The maximum Gasteiger partial charge on any atom is 0.230 e. The lowest BCUT2D eigenvalue weighted by molar-refractivity contribution is -0.123. The van der Waals surface area contributed by atoms with E-state index in [0.717, 1.165) is 24.0 Å². The van der Waals surface area contributed by atoms with Crippen LogP contribution in [0.2, 0.25) is 0 Å². The van der Waals surface area contributed by atoms with Gasteiger partial charge in [-0.2, -0.15) is 0 Å². The predicted molar refractivity (Wildman–Crippen MR) is 88.7 cm³/mol. The van der Waals surface area contributed by atoms with Gasteiger partial charge in [-0.05, 0) is 48.2 Å². The van der Waals surface area contributed by atoms with Crippen LogP contribution >= 0.6 is 0 Å². The van der Waals surface area contributed by atoms with E-state index < -0.39 is 5.41 Å². The number of benzene rings is 2. The van der Waals surface area contributed by atoms with E-state index in [2.05, 4.69) is 5.32 Å². The van der Waals surface area contributed by atoms with E-state index in [4.69, 9.17) is 9.47 Å². The normalized spacial score (nSPS) is 14.8. The number of rotatable bonds is 6. The van der Waals surface area contributed by atoms with Crippen LogP contribution in [-0.2, 0) is 16.8 Å². The highest BCUT2D eigenvalue weighted by molar-refractivity contribution is 5.91. The summed E-state index contributed by atoms with van der Waals surface area (Å²) in [6, 6.07) is 11.7. The van der Waals surface area contributed by atoms with Gasteiger partial charge in [0, 0.05) is 6.54 Å². The van der Waals surface area contributed by atoms with Gasteiger partial charge in [0.05, 0.1) is 19.6 Å². The molecule has 1 aliphatic carbocycles. The topological polar surface area (TPSA) is 47.6 Å². The van der Waals surface area contributed by atoms with E-state index in [9.17, 15) is 9.18 Å². The van der Waals surface area contributed by atoms with Crippen molar-refractivity contribution in [3.05, 3.63) is 59.4 Å². The molecule has 2 aromatic carbocycles. The first-order valence-electron chi connectivity index (χ1n) is 7.84. The van der Waals surface area contributed by atoms with Crippen LogP contribution in [0.25, 0.3) is 0 Å². The van der Waals surface area contributed by atoms with Crippen molar-refractivity contribution in [1.29, 1.82) is 0 Å². The molecule has 4 nitrogen and oxygen atoms in total. The molecule has 0 aromatic heterocycles. The summed E-state index contributed by atoms with van der Waals surface area (Å²) in [6.07, 6.45) is 1.58. The second kappa shape index (κ2) is 6.51. The predicted octanol–water partition coefficient (Wildman–Crippen LogP) is 3.19. The number of hydrogen-bond donors (Lipinski definition) is 1. The van der Waals surface area contributed by atoms with Gasteiger partial charge in [0.15, 0.2) is 11.5 Å². The average Bonchev–Trinajstić information content (AvgIpc) is 3.42. The Kier molecular flexibility index (Phi) is 4.42. The summed E-state index contributed by atoms with van der Waals surface area (Å²) in [4.78, 5) is 12.6. The Balaban J connectivity index is 1.68. The third kappa shape index (κ3) is 3.07. The number of ether oxygens (including phenoxy) is 2. The van der Waals surface area contributed by atoms with Gasteiger partial charge in [0.2, 0.25) is 5.91 Å². The molecule has 24 heavy (non-hydrogen) atoms. The van der Waals surface area contributed by atoms with Gasteiger partial charge >= 0.3 is 0 Å². The molecule has 3 rings (SSSR count). The van der Waals surface area contributed by atoms with Crippen molar-refractivity contribution in [3.8, 4) is 11.5 Å². The van der Waals surface area contributed by atoms with Crippen LogP contribution in [0, 0.1) is 5.82 Å².